The van der Waals surface area contributed by atoms with Crippen molar-refractivity contribution in [1.29, 1.82) is 0 Å². The molecule has 1 amide bonds. The van der Waals surface area contributed by atoms with Gasteiger partial charge in [-0.25, -0.2) is 0 Å². The lowest BCUT2D eigenvalue weighted by atomic mass is 10.1. The summed E-state index contributed by atoms with van der Waals surface area (Å²) in [5.41, 5.74) is 3.95. The molecule has 1 atom stereocenters. The molecular weight excluding hydrogens is 310 g/mol. The van der Waals surface area contributed by atoms with Gasteiger partial charge >= 0.3 is 0 Å². The predicted molar refractivity (Wildman–Crippen MR) is 95.4 cm³/mol. The van der Waals surface area contributed by atoms with Crippen LogP contribution in [0.25, 0.3) is 0 Å². The zero-order valence-electron chi connectivity index (χ0n) is 13.9. The summed E-state index contributed by atoms with van der Waals surface area (Å²) < 4.78 is 5.82. The van der Waals surface area contributed by atoms with Gasteiger partial charge in [0.25, 0.3) is 5.91 Å². The summed E-state index contributed by atoms with van der Waals surface area (Å²) in [5, 5.41) is 3.62. The van der Waals surface area contributed by atoms with Gasteiger partial charge < -0.3 is 10.1 Å². The van der Waals surface area contributed by atoms with Crippen molar-refractivity contribution in [3.63, 3.8) is 0 Å². The van der Waals surface area contributed by atoms with Crippen LogP contribution in [0.15, 0.2) is 36.4 Å². The van der Waals surface area contributed by atoms with Crippen LogP contribution in [0.5, 0.6) is 5.75 Å². The molecule has 2 aromatic rings. The molecule has 122 valence electrons. The monoisotopic (exact) mass is 331 g/mol. The normalized spacial score (nSPS) is 11.9. The van der Waals surface area contributed by atoms with Gasteiger partial charge in [-0.15, -0.1) is 0 Å². The Balaban J connectivity index is 2.10. The van der Waals surface area contributed by atoms with Gasteiger partial charge in [0.15, 0.2) is 6.10 Å². The maximum atomic E-state index is 12.5. The van der Waals surface area contributed by atoms with Crippen LogP contribution in [-0.2, 0) is 4.79 Å². The Hall–Kier alpha value is -2.00. The first-order valence-corrected chi connectivity index (χ1v) is 8.09. The van der Waals surface area contributed by atoms with Crippen LogP contribution in [0.3, 0.4) is 0 Å². The van der Waals surface area contributed by atoms with Gasteiger partial charge in [0.05, 0.1) is 0 Å². The molecule has 3 nitrogen and oxygen atoms in total. The third-order valence-electron chi connectivity index (χ3n) is 3.56. The summed E-state index contributed by atoms with van der Waals surface area (Å²) in [7, 11) is 0. The van der Waals surface area contributed by atoms with Crippen LogP contribution < -0.4 is 10.1 Å². The average Bonchev–Trinajstić information content (AvgIpc) is 2.47. The van der Waals surface area contributed by atoms with Crippen LogP contribution in [0.4, 0.5) is 5.69 Å². The lowest BCUT2D eigenvalue weighted by molar-refractivity contribution is -0.122. The van der Waals surface area contributed by atoms with Crippen molar-refractivity contribution in [1.82, 2.24) is 0 Å². The zero-order valence-corrected chi connectivity index (χ0v) is 14.7. The third kappa shape index (κ3) is 4.73. The standard InChI is InChI=1S/C19H22ClNO2/c1-5-18(23-16-6-7-17(20)14(4)11-16)19(22)21-15-9-12(2)8-13(3)10-15/h6-11,18H,5H2,1-4H3,(H,21,22)/t18-/m0/s1. The molecule has 0 radical (unpaired) electrons. The topological polar surface area (TPSA) is 38.3 Å². The van der Waals surface area contributed by atoms with Crippen LogP contribution in [-0.4, -0.2) is 12.0 Å². The summed E-state index contributed by atoms with van der Waals surface area (Å²) >= 11 is 6.02. The maximum absolute atomic E-state index is 12.5. The van der Waals surface area contributed by atoms with Crippen LogP contribution >= 0.6 is 11.6 Å². The van der Waals surface area contributed by atoms with Gasteiger partial charge in [-0.1, -0.05) is 24.6 Å². The summed E-state index contributed by atoms with van der Waals surface area (Å²) in [4.78, 5) is 12.5. The first-order chi connectivity index (χ1) is 10.9. The molecule has 0 aromatic heterocycles. The first-order valence-electron chi connectivity index (χ1n) is 7.71. The van der Waals surface area contributed by atoms with Crippen LogP contribution in [0, 0.1) is 20.8 Å². The number of benzene rings is 2. The number of carbonyl (C=O) groups excluding carboxylic acids is 1. The molecule has 4 heteroatoms. The Morgan fingerprint density at radius 2 is 1.78 bits per heavy atom. The molecule has 23 heavy (non-hydrogen) atoms. The van der Waals surface area contributed by atoms with E-state index < -0.39 is 6.10 Å². The molecule has 0 saturated carbocycles. The minimum Gasteiger partial charge on any atom is -0.481 e. The number of rotatable bonds is 5. The maximum Gasteiger partial charge on any atom is 0.265 e. The van der Waals surface area contributed by atoms with Gasteiger partial charge in [-0.3, -0.25) is 4.79 Å². The number of amides is 1. The van der Waals surface area contributed by atoms with Crippen molar-refractivity contribution in [3.05, 3.63) is 58.1 Å². The molecule has 0 aliphatic rings. The minimum absolute atomic E-state index is 0.148. The number of anilines is 1. The Morgan fingerprint density at radius 1 is 1.13 bits per heavy atom. The van der Waals surface area contributed by atoms with E-state index in [0.29, 0.717) is 17.2 Å². The molecule has 0 aliphatic carbocycles. The van der Waals surface area contributed by atoms with Crippen molar-refractivity contribution in [2.24, 2.45) is 0 Å². The largest absolute Gasteiger partial charge is 0.481 e. The number of hydrogen-bond donors (Lipinski definition) is 1. The minimum atomic E-state index is -0.545. The summed E-state index contributed by atoms with van der Waals surface area (Å²) in [6.45, 7) is 7.85. The second-order valence-corrected chi connectivity index (χ2v) is 6.20. The van der Waals surface area contributed by atoms with Crippen molar-refractivity contribution < 1.29 is 9.53 Å². The molecular formula is C19H22ClNO2. The van der Waals surface area contributed by atoms with Crippen molar-refractivity contribution in [2.45, 2.75) is 40.2 Å². The smallest absolute Gasteiger partial charge is 0.265 e. The highest BCUT2D eigenvalue weighted by Crippen LogP contribution is 2.23. The second kappa shape index (κ2) is 7.51. The molecule has 0 unspecified atom stereocenters. The SMILES string of the molecule is CC[C@H](Oc1ccc(Cl)c(C)c1)C(=O)Nc1cc(C)cc(C)c1. The number of ether oxygens (including phenoxy) is 1. The lowest BCUT2D eigenvalue weighted by Crippen LogP contribution is -2.32. The van der Waals surface area contributed by atoms with E-state index >= 15 is 0 Å². The molecule has 0 saturated heterocycles. The molecule has 2 rings (SSSR count). The Bertz CT molecular complexity index is 692. The van der Waals surface area contributed by atoms with Gasteiger partial charge in [0, 0.05) is 10.7 Å². The van der Waals surface area contributed by atoms with Gasteiger partial charge in [-0.2, -0.15) is 0 Å². The van der Waals surface area contributed by atoms with E-state index in [-0.39, 0.29) is 5.91 Å². The fraction of sp³-hybridized carbons (Fsp3) is 0.316. The highest BCUT2D eigenvalue weighted by Gasteiger charge is 2.19. The second-order valence-electron chi connectivity index (χ2n) is 5.79. The highest BCUT2D eigenvalue weighted by molar-refractivity contribution is 6.31. The van der Waals surface area contributed by atoms with Gasteiger partial charge in [0.2, 0.25) is 0 Å². The van der Waals surface area contributed by atoms with E-state index in [0.717, 1.165) is 22.4 Å². The summed E-state index contributed by atoms with van der Waals surface area (Å²) in [5.74, 6) is 0.499. The molecule has 0 spiro atoms. The Labute approximate surface area is 142 Å². The molecule has 0 heterocycles. The van der Waals surface area contributed by atoms with Gasteiger partial charge in [-0.05, 0) is 74.2 Å². The zero-order chi connectivity index (χ0) is 17.0. The highest BCUT2D eigenvalue weighted by atomic mass is 35.5. The average molecular weight is 332 g/mol. The van der Waals surface area contributed by atoms with Crippen molar-refractivity contribution in [3.8, 4) is 5.75 Å². The first kappa shape index (κ1) is 17.4. The molecule has 1 N–H and O–H groups in total. The number of hydrogen-bond acceptors (Lipinski definition) is 2. The van der Waals surface area contributed by atoms with E-state index in [4.69, 9.17) is 16.3 Å². The molecule has 0 bridgehead atoms. The fourth-order valence-electron chi connectivity index (χ4n) is 2.45. The molecule has 0 aliphatic heterocycles. The Kier molecular flexibility index (Phi) is 5.67. The van der Waals surface area contributed by atoms with E-state index in [9.17, 15) is 4.79 Å². The van der Waals surface area contributed by atoms with Crippen LogP contribution in [0.2, 0.25) is 5.02 Å². The Morgan fingerprint density at radius 3 is 2.35 bits per heavy atom. The van der Waals surface area contributed by atoms with E-state index in [2.05, 4.69) is 11.4 Å². The van der Waals surface area contributed by atoms with E-state index in [1.54, 1.807) is 12.1 Å². The van der Waals surface area contributed by atoms with Crippen LogP contribution in [0.1, 0.15) is 30.0 Å². The number of carbonyl (C=O) groups is 1. The number of halogens is 1. The molecule has 0 fully saturated rings. The van der Waals surface area contributed by atoms with E-state index in [1.807, 2.05) is 45.9 Å². The van der Waals surface area contributed by atoms with Crippen molar-refractivity contribution >= 4 is 23.2 Å². The fourth-order valence-corrected chi connectivity index (χ4v) is 2.56. The predicted octanol–water partition coefficient (Wildman–Crippen LogP) is 5.06. The van der Waals surface area contributed by atoms with E-state index in [1.165, 1.54) is 0 Å². The van der Waals surface area contributed by atoms with Gasteiger partial charge in [0.1, 0.15) is 5.75 Å². The summed E-state index contributed by atoms with van der Waals surface area (Å²) in [6.07, 6.45) is 0.0366. The third-order valence-corrected chi connectivity index (χ3v) is 3.98. The quantitative estimate of drug-likeness (QED) is 0.831. The number of nitrogens with one attached hydrogen (secondary N) is 1. The van der Waals surface area contributed by atoms with Crippen molar-refractivity contribution in [2.75, 3.05) is 5.32 Å². The molecule has 2 aromatic carbocycles. The summed E-state index contributed by atoms with van der Waals surface area (Å²) in [6, 6.07) is 11.4. The number of aryl methyl sites for hydroxylation is 3. The lowest BCUT2D eigenvalue weighted by Gasteiger charge is -2.18.